The average molecular weight is 397 g/mol. The smallest absolute Gasteiger partial charge is 0.257 e. The Bertz CT molecular complexity index is 1160. The van der Waals surface area contributed by atoms with E-state index in [0.717, 1.165) is 22.4 Å². The van der Waals surface area contributed by atoms with Crippen LogP contribution >= 0.6 is 23.2 Å². The average Bonchev–Trinajstić information content (AvgIpc) is 3.00. The van der Waals surface area contributed by atoms with Gasteiger partial charge in [0.1, 0.15) is 0 Å². The van der Waals surface area contributed by atoms with Crippen LogP contribution in [0.1, 0.15) is 16.1 Å². The summed E-state index contributed by atoms with van der Waals surface area (Å²) in [5.74, 6) is -0.350. The van der Waals surface area contributed by atoms with Crippen LogP contribution in [-0.4, -0.2) is 20.7 Å². The molecule has 134 valence electrons. The minimum Gasteiger partial charge on any atom is -0.321 e. The van der Waals surface area contributed by atoms with Gasteiger partial charge in [-0.05, 0) is 43.3 Å². The van der Waals surface area contributed by atoms with Crippen molar-refractivity contribution in [2.75, 3.05) is 5.32 Å². The number of rotatable bonds is 3. The number of benzene rings is 2. The molecule has 0 spiro atoms. The molecule has 0 saturated heterocycles. The van der Waals surface area contributed by atoms with Crippen LogP contribution in [0.5, 0.6) is 0 Å². The number of para-hydroxylation sites is 1. The zero-order valence-corrected chi connectivity index (χ0v) is 15.8. The van der Waals surface area contributed by atoms with Gasteiger partial charge < -0.3 is 5.32 Å². The highest BCUT2D eigenvalue weighted by Crippen LogP contribution is 2.25. The van der Waals surface area contributed by atoms with E-state index < -0.39 is 0 Å². The van der Waals surface area contributed by atoms with Gasteiger partial charge in [-0.25, -0.2) is 9.67 Å². The highest BCUT2D eigenvalue weighted by molar-refractivity contribution is 6.36. The Kier molecular flexibility index (Phi) is 4.56. The van der Waals surface area contributed by atoms with Gasteiger partial charge in [0.15, 0.2) is 5.65 Å². The van der Waals surface area contributed by atoms with Crippen molar-refractivity contribution in [1.82, 2.24) is 14.8 Å². The predicted molar refractivity (Wildman–Crippen MR) is 108 cm³/mol. The second kappa shape index (κ2) is 7.02. The zero-order valence-electron chi connectivity index (χ0n) is 14.3. The van der Waals surface area contributed by atoms with Gasteiger partial charge in [-0.1, -0.05) is 41.4 Å². The van der Waals surface area contributed by atoms with Gasteiger partial charge in [-0.2, -0.15) is 5.10 Å². The lowest BCUT2D eigenvalue weighted by atomic mass is 10.2. The summed E-state index contributed by atoms with van der Waals surface area (Å²) in [6, 6.07) is 16.4. The van der Waals surface area contributed by atoms with E-state index in [1.54, 1.807) is 23.0 Å². The SMILES string of the molecule is Cc1nn(-c2ccccc2)c2ncc(NC(=O)c3cc(Cl)ccc3Cl)cc12. The molecule has 0 atom stereocenters. The number of nitrogens with one attached hydrogen (secondary N) is 1. The fourth-order valence-corrected chi connectivity index (χ4v) is 3.21. The summed E-state index contributed by atoms with van der Waals surface area (Å²) in [5, 5.41) is 9.01. The second-order valence-corrected chi connectivity index (χ2v) is 6.85. The van der Waals surface area contributed by atoms with Crippen molar-refractivity contribution in [2.45, 2.75) is 6.92 Å². The molecule has 0 fully saturated rings. The maximum absolute atomic E-state index is 12.5. The van der Waals surface area contributed by atoms with Gasteiger partial charge in [0, 0.05) is 10.4 Å². The number of carbonyl (C=O) groups excluding carboxylic acids is 1. The van der Waals surface area contributed by atoms with E-state index in [1.807, 2.05) is 43.3 Å². The van der Waals surface area contributed by atoms with E-state index in [1.165, 1.54) is 6.07 Å². The highest BCUT2D eigenvalue weighted by atomic mass is 35.5. The first kappa shape index (κ1) is 17.5. The summed E-state index contributed by atoms with van der Waals surface area (Å²) < 4.78 is 1.78. The molecule has 2 aromatic carbocycles. The van der Waals surface area contributed by atoms with Crippen molar-refractivity contribution in [3.8, 4) is 5.69 Å². The van der Waals surface area contributed by atoms with E-state index in [9.17, 15) is 4.79 Å². The van der Waals surface area contributed by atoms with Crippen molar-refractivity contribution in [1.29, 1.82) is 0 Å². The Labute approximate surface area is 165 Å². The van der Waals surface area contributed by atoms with Gasteiger partial charge in [-0.3, -0.25) is 4.79 Å². The van der Waals surface area contributed by atoms with Gasteiger partial charge >= 0.3 is 0 Å². The normalized spacial score (nSPS) is 10.9. The summed E-state index contributed by atoms with van der Waals surface area (Å²) in [4.78, 5) is 17.0. The molecule has 2 aromatic heterocycles. The van der Waals surface area contributed by atoms with Crippen molar-refractivity contribution in [3.05, 3.63) is 82.1 Å². The van der Waals surface area contributed by atoms with Crippen LogP contribution in [0.15, 0.2) is 60.8 Å². The van der Waals surface area contributed by atoms with Crippen LogP contribution in [0.3, 0.4) is 0 Å². The molecule has 0 radical (unpaired) electrons. The van der Waals surface area contributed by atoms with Gasteiger partial charge in [0.05, 0.1) is 33.9 Å². The topological polar surface area (TPSA) is 59.8 Å². The lowest BCUT2D eigenvalue weighted by Crippen LogP contribution is -2.12. The number of nitrogens with zero attached hydrogens (tertiary/aromatic N) is 3. The van der Waals surface area contributed by atoms with Crippen molar-refractivity contribution in [2.24, 2.45) is 0 Å². The fourth-order valence-electron chi connectivity index (χ4n) is 2.83. The van der Waals surface area contributed by atoms with Crippen molar-refractivity contribution < 1.29 is 4.79 Å². The van der Waals surface area contributed by atoms with E-state index in [-0.39, 0.29) is 5.91 Å². The number of anilines is 1. The summed E-state index contributed by atoms with van der Waals surface area (Å²) in [6.07, 6.45) is 1.60. The van der Waals surface area contributed by atoms with Gasteiger partial charge in [-0.15, -0.1) is 0 Å². The standard InChI is InChI=1S/C20H14Cl2N4O/c1-12-16-10-14(24-20(27)17-9-13(21)7-8-18(17)22)11-23-19(16)26(25-12)15-5-3-2-4-6-15/h2-11H,1H3,(H,24,27). The molecule has 0 aliphatic heterocycles. The van der Waals surface area contributed by atoms with E-state index in [0.29, 0.717) is 21.3 Å². The number of pyridine rings is 1. The Morgan fingerprint density at radius 2 is 1.85 bits per heavy atom. The summed E-state index contributed by atoms with van der Waals surface area (Å²) in [5.41, 5.74) is 3.32. The molecule has 2 heterocycles. The Morgan fingerprint density at radius 3 is 2.63 bits per heavy atom. The monoisotopic (exact) mass is 396 g/mol. The Balaban J connectivity index is 1.69. The second-order valence-electron chi connectivity index (χ2n) is 6.01. The third-order valence-corrected chi connectivity index (χ3v) is 4.70. The largest absolute Gasteiger partial charge is 0.321 e. The van der Waals surface area contributed by atoms with E-state index >= 15 is 0 Å². The molecule has 4 rings (SSSR count). The van der Waals surface area contributed by atoms with Crippen LogP contribution in [0.25, 0.3) is 16.7 Å². The number of amides is 1. The molecule has 4 aromatic rings. The van der Waals surface area contributed by atoms with E-state index in [4.69, 9.17) is 23.2 Å². The van der Waals surface area contributed by atoms with Gasteiger partial charge in [0.25, 0.3) is 5.91 Å². The maximum Gasteiger partial charge on any atom is 0.257 e. The number of carbonyl (C=O) groups is 1. The summed E-state index contributed by atoms with van der Waals surface area (Å²) in [7, 11) is 0. The Hall–Kier alpha value is -2.89. The molecule has 1 N–H and O–H groups in total. The molecule has 0 unspecified atom stereocenters. The fraction of sp³-hybridized carbons (Fsp3) is 0.0500. The summed E-state index contributed by atoms with van der Waals surface area (Å²) in [6.45, 7) is 1.91. The molecule has 5 nitrogen and oxygen atoms in total. The molecule has 27 heavy (non-hydrogen) atoms. The van der Waals surface area contributed by atoms with Crippen LogP contribution in [0, 0.1) is 6.92 Å². The quantitative estimate of drug-likeness (QED) is 0.511. The number of aryl methyl sites for hydroxylation is 1. The van der Waals surface area contributed by atoms with E-state index in [2.05, 4.69) is 15.4 Å². The minimum absolute atomic E-state index is 0.306. The molecule has 0 saturated carbocycles. The minimum atomic E-state index is -0.350. The number of hydrogen-bond donors (Lipinski definition) is 1. The third kappa shape index (κ3) is 3.39. The molecule has 0 aliphatic rings. The maximum atomic E-state index is 12.5. The predicted octanol–water partition coefficient (Wildman–Crippen LogP) is 5.29. The summed E-state index contributed by atoms with van der Waals surface area (Å²) >= 11 is 12.1. The number of hydrogen-bond acceptors (Lipinski definition) is 3. The van der Waals surface area contributed by atoms with Crippen LogP contribution in [0.2, 0.25) is 10.0 Å². The molecule has 0 aliphatic carbocycles. The van der Waals surface area contributed by atoms with Crippen molar-refractivity contribution >= 4 is 45.8 Å². The first-order chi connectivity index (χ1) is 13.0. The molecule has 1 amide bonds. The molecular weight excluding hydrogens is 383 g/mol. The number of fused-ring (bicyclic) bond motifs is 1. The zero-order chi connectivity index (χ0) is 19.0. The number of aromatic nitrogens is 3. The lowest BCUT2D eigenvalue weighted by Gasteiger charge is -2.08. The Morgan fingerprint density at radius 1 is 1.07 bits per heavy atom. The van der Waals surface area contributed by atoms with Crippen LogP contribution in [0.4, 0.5) is 5.69 Å². The molecule has 0 bridgehead atoms. The molecule has 7 heteroatoms. The molecular formula is C20H14Cl2N4O. The van der Waals surface area contributed by atoms with Crippen LogP contribution in [-0.2, 0) is 0 Å². The highest BCUT2D eigenvalue weighted by Gasteiger charge is 2.14. The first-order valence-corrected chi connectivity index (χ1v) is 8.96. The number of halogens is 2. The first-order valence-electron chi connectivity index (χ1n) is 8.20. The van der Waals surface area contributed by atoms with Gasteiger partial charge in [0.2, 0.25) is 0 Å². The lowest BCUT2D eigenvalue weighted by molar-refractivity contribution is 0.102. The van der Waals surface area contributed by atoms with Crippen molar-refractivity contribution in [3.63, 3.8) is 0 Å². The third-order valence-electron chi connectivity index (χ3n) is 4.14. The van der Waals surface area contributed by atoms with Crippen LogP contribution < -0.4 is 5.32 Å².